The molecule has 3 heterocycles. The lowest BCUT2D eigenvalue weighted by molar-refractivity contribution is 0.122. The third kappa shape index (κ3) is 4.13. The van der Waals surface area contributed by atoms with Gasteiger partial charge in [0.15, 0.2) is 0 Å². The molecular weight excluding hydrogens is 348 g/mol. The fourth-order valence-corrected chi connectivity index (χ4v) is 3.43. The minimum absolute atomic E-state index is 0.758. The van der Waals surface area contributed by atoms with Gasteiger partial charge in [-0.05, 0) is 54.8 Å². The van der Waals surface area contributed by atoms with Crippen LogP contribution in [0.15, 0.2) is 42.5 Å². The first-order chi connectivity index (χ1) is 13.7. The SMILES string of the molecule is CCCN(C)c1ccc(C#Cc2cc3ccc(N4CCOCC4)nc3[nH]2)cc1. The standard InChI is InChI=1S/C23H26N4O/c1-3-12-26(2)21-9-5-18(6-10-21)4-8-20-17-19-7-11-22(25-23(19)24-20)27-13-15-28-16-14-27/h5-7,9-11,17H,3,12-16H2,1-2H3,(H,24,25). The number of anilines is 2. The highest BCUT2D eigenvalue weighted by atomic mass is 16.5. The van der Waals surface area contributed by atoms with E-state index in [0.717, 1.165) is 67.4 Å². The van der Waals surface area contributed by atoms with Crippen molar-refractivity contribution in [2.24, 2.45) is 0 Å². The number of aromatic nitrogens is 2. The highest BCUT2D eigenvalue weighted by molar-refractivity contribution is 5.79. The van der Waals surface area contributed by atoms with Crippen LogP contribution in [0.3, 0.4) is 0 Å². The van der Waals surface area contributed by atoms with E-state index in [1.807, 2.05) is 0 Å². The third-order valence-corrected chi connectivity index (χ3v) is 5.01. The number of nitrogens with zero attached hydrogens (tertiary/aromatic N) is 3. The molecule has 1 fully saturated rings. The number of pyridine rings is 1. The smallest absolute Gasteiger partial charge is 0.140 e. The molecule has 1 aliphatic rings. The zero-order chi connectivity index (χ0) is 19.3. The summed E-state index contributed by atoms with van der Waals surface area (Å²) in [5.41, 5.74) is 3.99. The number of nitrogens with one attached hydrogen (secondary N) is 1. The van der Waals surface area contributed by atoms with E-state index in [9.17, 15) is 0 Å². The first kappa shape index (κ1) is 18.4. The molecular formula is C23H26N4O. The summed E-state index contributed by atoms with van der Waals surface area (Å²) in [5, 5.41) is 1.08. The van der Waals surface area contributed by atoms with Crippen LogP contribution in [0.5, 0.6) is 0 Å². The van der Waals surface area contributed by atoms with Crippen LogP contribution in [0.4, 0.5) is 11.5 Å². The van der Waals surface area contributed by atoms with E-state index >= 15 is 0 Å². The molecule has 1 aromatic carbocycles. The summed E-state index contributed by atoms with van der Waals surface area (Å²) >= 11 is 0. The number of ether oxygens (including phenoxy) is 1. The number of hydrogen-bond acceptors (Lipinski definition) is 4. The van der Waals surface area contributed by atoms with Crippen molar-refractivity contribution in [2.75, 3.05) is 49.7 Å². The Hall–Kier alpha value is -2.97. The number of aromatic amines is 1. The van der Waals surface area contributed by atoms with Crippen molar-refractivity contribution in [2.45, 2.75) is 13.3 Å². The maximum absolute atomic E-state index is 5.42. The second kappa shape index (κ2) is 8.37. The maximum Gasteiger partial charge on any atom is 0.140 e. The summed E-state index contributed by atoms with van der Waals surface area (Å²) in [5.74, 6) is 7.46. The molecule has 0 bridgehead atoms. The van der Waals surface area contributed by atoms with E-state index in [-0.39, 0.29) is 0 Å². The monoisotopic (exact) mass is 374 g/mol. The lowest BCUT2D eigenvalue weighted by atomic mass is 10.2. The van der Waals surface area contributed by atoms with Crippen molar-refractivity contribution in [3.8, 4) is 11.8 Å². The maximum atomic E-state index is 5.42. The van der Waals surface area contributed by atoms with Crippen molar-refractivity contribution < 1.29 is 4.74 Å². The predicted octanol–water partition coefficient (Wildman–Crippen LogP) is 3.65. The van der Waals surface area contributed by atoms with Gasteiger partial charge in [-0.1, -0.05) is 12.8 Å². The molecule has 4 rings (SSSR count). The molecule has 0 spiro atoms. The van der Waals surface area contributed by atoms with Gasteiger partial charge in [-0.15, -0.1) is 0 Å². The summed E-state index contributed by atoms with van der Waals surface area (Å²) in [6.45, 7) is 6.53. The van der Waals surface area contributed by atoms with Crippen molar-refractivity contribution in [3.05, 3.63) is 53.7 Å². The topological polar surface area (TPSA) is 44.4 Å². The van der Waals surface area contributed by atoms with Gasteiger partial charge in [-0.3, -0.25) is 0 Å². The zero-order valence-electron chi connectivity index (χ0n) is 16.5. The van der Waals surface area contributed by atoms with Gasteiger partial charge in [0.25, 0.3) is 0 Å². The van der Waals surface area contributed by atoms with E-state index in [1.165, 1.54) is 5.69 Å². The normalized spacial score (nSPS) is 14.0. The van der Waals surface area contributed by atoms with Gasteiger partial charge >= 0.3 is 0 Å². The predicted molar refractivity (Wildman–Crippen MR) is 115 cm³/mol. The van der Waals surface area contributed by atoms with Crippen LogP contribution in [-0.4, -0.2) is 49.9 Å². The molecule has 1 saturated heterocycles. The number of morpholine rings is 1. The molecule has 0 unspecified atom stereocenters. The van der Waals surface area contributed by atoms with Crippen molar-refractivity contribution in [3.63, 3.8) is 0 Å². The Bertz CT molecular complexity index is 991. The van der Waals surface area contributed by atoms with E-state index in [1.54, 1.807) is 0 Å². The highest BCUT2D eigenvalue weighted by Crippen LogP contribution is 2.20. The van der Waals surface area contributed by atoms with Gasteiger partial charge in [0.1, 0.15) is 11.5 Å². The van der Waals surface area contributed by atoms with E-state index in [0.29, 0.717) is 0 Å². The van der Waals surface area contributed by atoms with Crippen LogP contribution in [0.2, 0.25) is 0 Å². The fraction of sp³-hybridized carbons (Fsp3) is 0.348. The Morgan fingerprint density at radius 3 is 2.64 bits per heavy atom. The highest BCUT2D eigenvalue weighted by Gasteiger charge is 2.13. The van der Waals surface area contributed by atoms with Crippen LogP contribution in [0.1, 0.15) is 24.6 Å². The van der Waals surface area contributed by atoms with Gasteiger partial charge in [-0.2, -0.15) is 0 Å². The second-order valence-electron chi connectivity index (χ2n) is 7.11. The lowest BCUT2D eigenvalue weighted by Gasteiger charge is -2.27. The Labute approximate surface area is 166 Å². The molecule has 1 N–H and O–H groups in total. The minimum atomic E-state index is 0.758. The van der Waals surface area contributed by atoms with Crippen LogP contribution >= 0.6 is 0 Å². The van der Waals surface area contributed by atoms with Crippen LogP contribution in [-0.2, 0) is 4.74 Å². The largest absolute Gasteiger partial charge is 0.378 e. The molecule has 28 heavy (non-hydrogen) atoms. The van der Waals surface area contributed by atoms with Gasteiger partial charge < -0.3 is 19.5 Å². The van der Waals surface area contributed by atoms with E-state index < -0.39 is 0 Å². The Kier molecular flexibility index (Phi) is 5.50. The Morgan fingerprint density at radius 1 is 1.11 bits per heavy atom. The number of hydrogen-bond donors (Lipinski definition) is 1. The van der Waals surface area contributed by atoms with Gasteiger partial charge in [0.2, 0.25) is 0 Å². The number of benzene rings is 1. The minimum Gasteiger partial charge on any atom is -0.378 e. The summed E-state index contributed by atoms with van der Waals surface area (Å²) in [6.07, 6.45) is 1.14. The van der Waals surface area contributed by atoms with Crippen molar-refractivity contribution in [1.82, 2.24) is 9.97 Å². The fourth-order valence-electron chi connectivity index (χ4n) is 3.43. The molecule has 3 aromatic rings. The number of fused-ring (bicyclic) bond motifs is 1. The molecule has 0 aliphatic carbocycles. The molecule has 0 amide bonds. The Balaban J connectivity index is 1.51. The van der Waals surface area contributed by atoms with E-state index in [4.69, 9.17) is 9.72 Å². The molecule has 5 heteroatoms. The van der Waals surface area contributed by atoms with E-state index in [2.05, 4.69) is 83.1 Å². The molecule has 5 nitrogen and oxygen atoms in total. The van der Waals surface area contributed by atoms with Gasteiger partial charge in [0, 0.05) is 43.3 Å². The summed E-state index contributed by atoms with van der Waals surface area (Å²) in [4.78, 5) is 12.6. The quantitative estimate of drug-likeness (QED) is 0.708. The van der Waals surface area contributed by atoms with Gasteiger partial charge in [0.05, 0.1) is 18.9 Å². The molecule has 0 radical (unpaired) electrons. The molecule has 1 aliphatic heterocycles. The average molecular weight is 374 g/mol. The van der Waals surface area contributed by atoms with Crippen molar-refractivity contribution >= 4 is 22.5 Å². The summed E-state index contributed by atoms with van der Waals surface area (Å²) in [6, 6.07) is 14.6. The summed E-state index contributed by atoms with van der Waals surface area (Å²) in [7, 11) is 2.12. The number of H-pyrrole nitrogens is 1. The van der Waals surface area contributed by atoms with Crippen LogP contribution < -0.4 is 9.80 Å². The first-order valence-electron chi connectivity index (χ1n) is 9.88. The molecule has 0 saturated carbocycles. The van der Waals surface area contributed by atoms with Gasteiger partial charge in [-0.25, -0.2) is 4.98 Å². The summed E-state index contributed by atoms with van der Waals surface area (Å²) < 4.78 is 5.42. The second-order valence-corrected chi connectivity index (χ2v) is 7.11. The Morgan fingerprint density at radius 2 is 1.89 bits per heavy atom. The third-order valence-electron chi connectivity index (χ3n) is 5.01. The van der Waals surface area contributed by atoms with Crippen molar-refractivity contribution in [1.29, 1.82) is 0 Å². The number of rotatable bonds is 4. The van der Waals surface area contributed by atoms with Crippen LogP contribution in [0, 0.1) is 11.8 Å². The molecule has 144 valence electrons. The molecule has 0 atom stereocenters. The van der Waals surface area contributed by atoms with Crippen LogP contribution in [0.25, 0.3) is 11.0 Å². The zero-order valence-corrected chi connectivity index (χ0v) is 16.5. The first-order valence-corrected chi connectivity index (χ1v) is 9.88. The lowest BCUT2D eigenvalue weighted by Crippen LogP contribution is -2.36. The molecule has 2 aromatic heterocycles. The average Bonchev–Trinajstić information content (AvgIpc) is 3.15.